The van der Waals surface area contributed by atoms with Crippen LogP contribution in [0.4, 0.5) is 5.69 Å². The Labute approximate surface area is 171 Å². The molecule has 144 valence electrons. The fourth-order valence-electron chi connectivity index (χ4n) is 2.94. The summed E-state index contributed by atoms with van der Waals surface area (Å²) in [6.07, 6.45) is 3.75. The minimum absolute atomic E-state index is 0.0254. The molecule has 1 aliphatic rings. The number of carboxylic acid groups (broad SMARTS) is 1. The molecule has 2 N–H and O–H groups in total. The van der Waals surface area contributed by atoms with E-state index in [4.69, 9.17) is 5.11 Å². The Balaban J connectivity index is 1.48. The Hall–Kier alpha value is -3.58. The molecule has 0 saturated carbocycles. The summed E-state index contributed by atoms with van der Waals surface area (Å²) in [6.45, 7) is 0. The number of carbonyl (C=O) groups excluding carboxylic acids is 1. The molecule has 0 atom stereocenters. The number of carboxylic acids is 1. The molecule has 1 amide bonds. The van der Waals surface area contributed by atoms with E-state index in [0.717, 1.165) is 17.1 Å². The second-order valence-electron chi connectivity index (χ2n) is 6.36. The third-order valence-corrected chi connectivity index (χ3v) is 5.17. The quantitative estimate of drug-likeness (QED) is 0.624. The van der Waals surface area contributed by atoms with Gasteiger partial charge in [0.25, 0.3) is 5.91 Å². The number of aliphatic imine (C=N–C) groups is 1. The van der Waals surface area contributed by atoms with Gasteiger partial charge in [-0.05, 0) is 59.8 Å². The van der Waals surface area contributed by atoms with E-state index >= 15 is 0 Å². The van der Waals surface area contributed by atoms with Gasteiger partial charge in [-0.1, -0.05) is 30.3 Å². The van der Waals surface area contributed by atoms with Crippen LogP contribution < -0.4 is 5.32 Å². The maximum absolute atomic E-state index is 12.3. The summed E-state index contributed by atoms with van der Waals surface area (Å²) in [5.41, 5.74) is 3.36. The maximum atomic E-state index is 12.3. The SMILES string of the molecule is O=C(O)Cc1ccc(NC2=NC(=O)/C(=C\c3cccn3-c3ccccc3)S2)cc1. The van der Waals surface area contributed by atoms with Gasteiger partial charge in [-0.2, -0.15) is 4.99 Å². The number of carbonyl (C=O) groups is 2. The number of anilines is 1. The Morgan fingerprint density at radius 1 is 1.07 bits per heavy atom. The lowest BCUT2D eigenvalue weighted by Crippen LogP contribution is -2.05. The molecule has 7 heteroatoms. The Bertz CT molecular complexity index is 1120. The van der Waals surface area contributed by atoms with E-state index < -0.39 is 5.97 Å². The zero-order chi connectivity index (χ0) is 20.2. The fraction of sp³-hybridized carbons (Fsp3) is 0.0455. The average Bonchev–Trinajstić information content (AvgIpc) is 3.30. The second-order valence-corrected chi connectivity index (χ2v) is 7.39. The number of hydrogen-bond acceptors (Lipinski definition) is 4. The molecule has 6 nitrogen and oxygen atoms in total. The minimum Gasteiger partial charge on any atom is -0.481 e. The van der Waals surface area contributed by atoms with E-state index in [9.17, 15) is 9.59 Å². The number of amides is 1. The molecule has 0 radical (unpaired) electrons. The summed E-state index contributed by atoms with van der Waals surface area (Å²) in [6, 6.07) is 20.8. The lowest BCUT2D eigenvalue weighted by atomic mass is 10.1. The van der Waals surface area contributed by atoms with Crippen molar-refractivity contribution in [2.75, 3.05) is 5.32 Å². The van der Waals surface area contributed by atoms with Crippen molar-refractivity contribution in [3.8, 4) is 5.69 Å². The number of aromatic nitrogens is 1. The van der Waals surface area contributed by atoms with Crippen LogP contribution >= 0.6 is 11.8 Å². The summed E-state index contributed by atoms with van der Waals surface area (Å²) in [4.78, 5) is 27.7. The number of aliphatic carboxylic acids is 1. The molecule has 1 aromatic heterocycles. The third-order valence-electron chi connectivity index (χ3n) is 4.27. The van der Waals surface area contributed by atoms with Gasteiger partial charge in [-0.3, -0.25) is 9.59 Å². The van der Waals surface area contributed by atoms with E-state index in [0.29, 0.717) is 15.6 Å². The smallest absolute Gasteiger partial charge is 0.307 e. The van der Waals surface area contributed by atoms with Crippen LogP contribution in [0.3, 0.4) is 0 Å². The molecule has 0 fully saturated rings. The standard InChI is InChI=1S/C22H17N3O3S/c26-20(27)13-15-8-10-16(11-9-15)23-22-24-21(28)19(29-22)14-18-7-4-12-25(18)17-5-2-1-3-6-17/h1-12,14H,13H2,(H,26,27)(H,23,24,28)/b19-14+. The van der Waals surface area contributed by atoms with E-state index in [-0.39, 0.29) is 12.3 Å². The number of thioether (sulfide) groups is 1. The molecular formula is C22H17N3O3S. The summed E-state index contributed by atoms with van der Waals surface area (Å²) in [5.74, 6) is -1.16. The van der Waals surface area contributed by atoms with Gasteiger partial charge >= 0.3 is 5.97 Å². The highest BCUT2D eigenvalue weighted by molar-refractivity contribution is 8.18. The minimum atomic E-state index is -0.873. The summed E-state index contributed by atoms with van der Waals surface area (Å²) >= 11 is 1.27. The normalized spacial score (nSPS) is 14.8. The molecule has 0 aliphatic carbocycles. The molecular weight excluding hydrogens is 386 g/mol. The molecule has 0 saturated heterocycles. The van der Waals surface area contributed by atoms with Gasteiger partial charge in [0.2, 0.25) is 0 Å². The van der Waals surface area contributed by atoms with Crippen LogP contribution in [0.2, 0.25) is 0 Å². The van der Waals surface area contributed by atoms with Crippen molar-refractivity contribution in [1.29, 1.82) is 0 Å². The number of rotatable bonds is 5. The number of amidine groups is 1. The number of nitrogens with one attached hydrogen (secondary N) is 1. The Morgan fingerprint density at radius 2 is 1.83 bits per heavy atom. The van der Waals surface area contributed by atoms with Crippen molar-refractivity contribution in [3.63, 3.8) is 0 Å². The zero-order valence-electron chi connectivity index (χ0n) is 15.3. The first-order valence-corrected chi connectivity index (χ1v) is 9.73. The number of para-hydroxylation sites is 1. The van der Waals surface area contributed by atoms with Crippen molar-refractivity contribution in [2.24, 2.45) is 4.99 Å². The van der Waals surface area contributed by atoms with Crippen molar-refractivity contribution in [2.45, 2.75) is 6.42 Å². The summed E-state index contributed by atoms with van der Waals surface area (Å²) in [5, 5.41) is 12.4. The number of nitrogens with zero attached hydrogens (tertiary/aromatic N) is 2. The van der Waals surface area contributed by atoms with Crippen LogP contribution in [-0.4, -0.2) is 26.7 Å². The van der Waals surface area contributed by atoms with E-state index in [1.54, 1.807) is 24.3 Å². The molecule has 0 unspecified atom stereocenters. The molecule has 0 spiro atoms. The monoisotopic (exact) mass is 403 g/mol. The Morgan fingerprint density at radius 3 is 2.55 bits per heavy atom. The highest BCUT2D eigenvalue weighted by Crippen LogP contribution is 2.30. The van der Waals surface area contributed by atoms with Crippen molar-refractivity contribution >= 4 is 40.6 Å². The van der Waals surface area contributed by atoms with Crippen molar-refractivity contribution in [1.82, 2.24) is 4.57 Å². The first-order valence-electron chi connectivity index (χ1n) is 8.91. The van der Waals surface area contributed by atoms with Crippen LogP contribution in [0.25, 0.3) is 11.8 Å². The topological polar surface area (TPSA) is 83.7 Å². The van der Waals surface area contributed by atoms with E-state index in [1.807, 2.05) is 59.3 Å². The predicted molar refractivity (Wildman–Crippen MR) is 115 cm³/mol. The van der Waals surface area contributed by atoms with Gasteiger partial charge in [-0.15, -0.1) is 0 Å². The van der Waals surface area contributed by atoms with E-state index in [1.165, 1.54) is 11.8 Å². The van der Waals surface area contributed by atoms with Crippen LogP contribution in [0.1, 0.15) is 11.3 Å². The second kappa shape index (κ2) is 8.20. The fourth-order valence-corrected chi connectivity index (χ4v) is 3.75. The molecule has 4 rings (SSSR count). The van der Waals surface area contributed by atoms with Crippen molar-refractivity contribution in [3.05, 3.63) is 89.1 Å². The maximum Gasteiger partial charge on any atom is 0.307 e. The first-order chi connectivity index (χ1) is 14.1. The van der Waals surface area contributed by atoms with Crippen LogP contribution in [0.15, 0.2) is 82.8 Å². The first kappa shape index (κ1) is 18.8. The lowest BCUT2D eigenvalue weighted by Gasteiger charge is -2.07. The predicted octanol–water partition coefficient (Wildman–Crippen LogP) is 4.19. The van der Waals surface area contributed by atoms with Gasteiger partial charge in [0.05, 0.1) is 11.3 Å². The molecule has 0 bridgehead atoms. The van der Waals surface area contributed by atoms with Gasteiger partial charge in [0, 0.05) is 23.3 Å². The molecule has 29 heavy (non-hydrogen) atoms. The van der Waals surface area contributed by atoms with Crippen LogP contribution in [-0.2, 0) is 16.0 Å². The number of benzene rings is 2. The van der Waals surface area contributed by atoms with Crippen LogP contribution in [0.5, 0.6) is 0 Å². The van der Waals surface area contributed by atoms with Crippen LogP contribution in [0, 0.1) is 0 Å². The molecule has 2 aromatic carbocycles. The van der Waals surface area contributed by atoms with Gasteiger partial charge < -0.3 is 15.0 Å². The van der Waals surface area contributed by atoms with Gasteiger partial charge in [0.15, 0.2) is 5.17 Å². The van der Waals surface area contributed by atoms with E-state index in [2.05, 4.69) is 10.3 Å². The summed E-state index contributed by atoms with van der Waals surface area (Å²) < 4.78 is 2.01. The highest BCUT2D eigenvalue weighted by Gasteiger charge is 2.22. The average molecular weight is 403 g/mol. The third kappa shape index (κ3) is 4.47. The Kier molecular flexibility index (Phi) is 5.31. The molecule has 1 aliphatic heterocycles. The molecule has 3 aromatic rings. The van der Waals surface area contributed by atoms with Gasteiger partial charge in [0.1, 0.15) is 0 Å². The number of hydrogen-bond donors (Lipinski definition) is 2. The van der Waals surface area contributed by atoms with Gasteiger partial charge in [-0.25, -0.2) is 0 Å². The summed E-state index contributed by atoms with van der Waals surface area (Å²) in [7, 11) is 0. The lowest BCUT2D eigenvalue weighted by molar-refractivity contribution is -0.136. The largest absolute Gasteiger partial charge is 0.481 e. The zero-order valence-corrected chi connectivity index (χ0v) is 16.1. The van der Waals surface area contributed by atoms with Crippen molar-refractivity contribution < 1.29 is 14.7 Å². The highest BCUT2D eigenvalue weighted by atomic mass is 32.2. The molecule has 2 heterocycles.